The van der Waals surface area contributed by atoms with Crippen LogP contribution >= 0.6 is 11.3 Å². The Morgan fingerprint density at radius 2 is 1.94 bits per heavy atom. The smallest absolute Gasteiger partial charge is 0.258 e. The average Bonchev–Trinajstić information content (AvgIpc) is 2.56. The number of hydrogen-bond donors (Lipinski definition) is 1. The number of hydrogen-bond acceptors (Lipinski definition) is 3. The minimum Gasteiger partial charge on any atom is -0.365 e. The van der Waals surface area contributed by atoms with E-state index in [9.17, 15) is 4.79 Å². The SMILES string of the molecule is NC(=O)c1ccc(CN2CCCCCC2)s1. The van der Waals surface area contributed by atoms with Crippen molar-refractivity contribution < 1.29 is 4.79 Å². The van der Waals surface area contributed by atoms with Gasteiger partial charge in [-0.1, -0.05) is 12.8 Å². The van der Waals surface area contributed by atoms with E-state index < -0.39 is 0 Å². The number of carbonyl (C=O) groups is 1. The number of primary amides is 1. The van der Waals surface area contributed by atoms with Crippen LogP contribution in [0.2, 0.25) is 0 Å². The molecule has 2 N–H and O–H groups in total. The summed E-state index contributed by atoms with van der Waals surface area (Å²) in [4.78, 5) is 15.4. The van der Waals surface area contributed by atoms with E-state index in [1.807, 2.05) is 12.1 Å². The van der Waals surface area contributed by atoms with Crippen LogP contribution < -0.4 is 5.73 Å². The van der Waals surface area contributed by atoms with Crippen molar-refractivity contribution in [2.75, 3.05) is 13.1 Å². The summed E-state index contributed by atoms with van der Waals surface area (Å²) in [7, 11) is 0. The standard InChI is InChI=1S/C12H18N2OS/c13-12(15)11-6-5-10(16-11)9-14-7-3-1-2-4-8-14/h5-6H,1-4,7-9H2,(H2,13,15). The van der Waals surface area contributed by atoms with E-state index in [-0.39, 0.29) is 5.91 Å². The van der Waals surface area contributed by atoms with Crippen LogP contribution in [0.4, 0.5) is 0 Å². The lowest BCUT2D eigenvalue weighted by Crippen LogP contribution is -2.23. The van der Waals surface area contributed by atoms with E-state index in [1.54, 1.807) is 0 Å². The van der Waals surface area contributed by atoms with Crippen molar-refractivity contribution in [2.45, 2.75) is 32.2 Å². The number of rotatable bonds is 3. The molecule has 0 bridgehead atoms. The van der Waals surface area contributed by atoms with Gasteiger partial charge in [0.1, 0.15) is 0 Å². The second-order valence-corrected chi connectivity index (χ2v) is 5.49. The summed E-state index contributed by atoms with van der Waals surface area (Å²) in [5, 5.41) is 0. The third-order valence-electron chi connectivity index (χ3n) is 2.98. The second kappa shape index (κ2) is 5.46. The van der Waals surface area contributed by atoms with Gasteiger partial charge in [0, 0.05) is 11.4 Å². The molecule has 0 saturated carbocycles. The molecular weight excluding hydrogens is 220 g/mol. The molecule has 1 aromatic heterocycles. The number of likely N-dealkylation sites (tertiary alicyclic amines) is 1. The molecule has 0 radical (unpaired) electrons. The molecule has 1 amide bonds. The number of amides is 1. The maximum Gasteiger partial charge on any atom is 0.258 e. The number of carbonyl (C=O) groups excluding carboxylic acids is 1. The Labute approximate surface area is 100 Å². The number of nitrogens with zero attached hydrogens (tertiary/aromatic N) is 1. The minimum atomic E-state index is -0.313. The minimum absolute atomic E-state index is 0.313. The van der Waals surface area contributed by atoms with Crippen molar-refractivity contribution in [3.63, 3.8) is 0 Å². The fourth-order valence-corrected chi connectivity index (χ4v) is 3.01. The van der Waals surface area contributed by atoms with Crippen LogP contribution in [-0.4, -0.2) is 23.9 Å². The molecule has 4 heteroatoms. The molecule has 88 valence electrons. The molecule has 1 aliphatic rings. The predicted molar refractivity (Wildman–Crippen MR) is 66.6 cm³/mol. The van der Waals surface area contributed by atoms with Gasteiger partial charge < -0.3 is 5.73 Å². The maximum absolute atomic E-state index is 11.0. The molecule has 0 atom stereocenters. The largest absolute Gasteiger partial charge is 0.365 e. The van der Waals surface area contributed by atoms with Gasteiger partial charge in [-0.2, -0.15) is 0 Å². The third-order valence-corrected chi connectivity index (χ3v) is 4.07. The van der Waals surface area contributed by atoms with Gasteiger partial charge in [-0.3, -0.25) is 9.69 Å². The molecule has 1 aliphatic heterocycles. The molecule has 0 spiro atoms. The molecular formula is C12H18N2OS. The Bertz CT molecular complexity index is 354. The zero-order chi connectivity index (χ0) is 11.4. The summed E-state index contributed by atoms with van der Waals surface area (Å²) in [6, 6.07) is 3.86. The molecule has 0 unspecified atom stereocenters. The van der Waals surface area contributed by atoms with E-state index in [0.717, 1.165) is 6.54 Å². The zero-order valence-electron chi connectivity index (χ0n) is 9.45. The quantitative estimate of drug-likeness (QED) is 0.877. The van der Waals surface area contributed by atoms with Gasteiger partial charge in [0.15, 0.2) is 0 Å². The van der Waals surface area contributed by atoms with Gasteiger partial charge in [-0.15, -0.1) is 11.3 Å². The van der Waals surface area contributed by atoms with Crippen LogP contribution in [0.3, 0.4) is 0 Å². The Morgan fingerprint density at radius 1 is 1.25 bits per heavy atom. The van der Waals surface area contributed by atoms with Crippen molar-refractivity contribution in [3.05, 3.63) is 21.9 Å². The highest BCUT2D eigenvalue weighted by Crippen LogP contribution is 2.19. The Kier molecular flexibility index (Phi) is 3.96. The molecule has 1 aromatic rings. The maximum atomic E-state index is 11.0. The van der Waals surface area contributed by atoms with Crippen molar-refractivity contribution in [1.29, 1.82) is 0 Å². The number of nitrogens with two attached hydrogens (primary N) is 1. The summed E-state index contributed by atoms with van der Waals surface area (Å²) >= 11 is 1.53. The lowest BCUT2D eigenvalue weighted by atomic mass is 10.2. The van der Waals surface area contributed by atoms with Gasteiger partial charge in [0.2, 0.25) is 0 Å². The Morgan fingerprint density at radius 3 is 2.50 bits per heavy atom. The van der Waals surface area contributed by atoms with E-state index >= 15 is 0 Å². The lowest BCUT2D eigenvalue weighted by molar-refractivity contribution is 0.100. The summed E-state index contributed by atoms with van der Waals surface area (Å²) in [6.45, 7) is 3.34. The summed E-state index contributed by atoms with van der Waals surface area (Å²) < 4.78 is 0. The van der Waals surface area contributed by atoms with Crippen molar-refractivity contribution >= 4 is 17.2 Å². The van der Waals surface area contributed by atoms with Gasteiger partial charge in [-0.25, -0.2) is 0 Å². The molecule has 1 saturated heterocycles. The first-order valence-corrected chi connectivity index (χ1v) is 6.68. The van der Waals surface area contributed by atoms with Crippen molar-refractivity contribution in [2.24, 2.45) is 5.73 Å². The van der Waals surface area contributed by atoms with Crippen LogP contribution in [0.5, 0.6) is 0 Å². The highest BCUT2D eigenvalue weighted by atomic mass is 32.1. The van der Waals surface area contributed by atoms with E-state index in [4.69, 9.17) is 5.73 Å². The molecule has 1 fully saturated rings. The number of thiophene rings is 1. The van der Waals surface area contributed by atoms with E-state index in [2.05, 4.69) is 4.90 Å². The van der Waals surface area contributed by atoms with Gasteiger partial charge >= 0.3 is 0 Å². The molecule has 2 heterocycles. The normalized spacial score (nSPS) is 18.2. The van der Waals surface area contributed by atoms with Crippen LogP contribution in [0.15, 0.2) is 12.1 Å². The van der Waals surface area contributed by atoms with Gasteiger partial charge in [-0.05, 0) is 38.1 Å². The zero-order valence-corrected chi connectivity index (χ0v) is 10.3. The molecule has 3 nitrogen and oxygen atoms in total. The third kappa shape index (κ3) is 3.06. The first kappa shape index (κ1) is 11.6. The van der Waals surface area contributed by atoms with Crippen LogP contribution in [0, 0.1) is 0 Å². The highest BCUT2D eigenvalue weighted by Gasteiger charge is 2.11. The summed E-state index contributed by atoms with van der Waals surface area (Å²) in [5.74, 6) is -0.313. The molecule has 16 heavy (non-hydrogen) atoms. The van der Waals surface area contributed by atoms with Gasteiger partial charge in [0.25, 0.3) is 5.91 Å². The van der Waals surface area contributed by atoms with Crippen LogP contribution in [0.25, 0.3) is 0 Å². The summed E-state index contributed by atoms with van der Waals surface area (Å²) in [6.07, 6.45) is 5.31. The fraction of sp³-hybridized carbons (Fsp3) is 0.583. The second-order valence-electron chi connectivity index (χ2n) is 4.32. The van der Waals surface area contributed by atoms with Crippen LogP contribution in [0.1, 0.15) is 40.2 Å². The van der Waals surface area contributed by atoms with Crippen LogP contribution in [-0.2, 0) is 6.54 Å². The highest BCUT2D eigenvalue weighted by molar-refractivity contribution is 7.14. The molecule has 0 aliphatic carbocycles. The molecule has 0 aromatic carbocycles. The van der Waals surface area contributed by atoms with E-state index in [1.165, 1.54) is 55.0 Å². The first-order valence-electron chi connectivity index (χ1n) is 5.86. The van der Waals surface area contributed by atoms with E-state index in [0.29, 0.717) is 4.88 Å². The fourth-order valence-electron chi connectivity index (χ4n) is 2.11. The van der Waals surface area contributed by atoms with Crippen molar-refractivity contribution in [1.82, 2.24) is 4.90 Å². The first-order chi connectivity index (χ1) is 7.75. The average molecular weight is 238 g/mol. The monoisotopic (exact) mass is 238 g/mol. The van der Waals surface area contributed by atoms with Gasteiger partial charge in [0.05, 0.1) is 4.88 Å². The molecule has 2 rings (SSSR count). The Balaban J connectivity index is 1.94. The topological polar surface area (TPSA) is 46.3 Å². The lowest BCUT2D eigenvalue weighted by Gasteiger charge is -2.18. The Hall–Kier alpha value is -0.870. The summed E-state index contributed by atoms with van der Waals surface area (Å²) in [5.41, 5.74) is 5.24. The predicted octanol–water partition coefficient (Wildman–Crippen LogP) is 2.22. The van der Waals surface area contributed by atoms with Crippen molar-refractivity contribution in [3.8, 4) is 0 Å².